The number of hydrogen-bond acceptors (Lipinski definition) is 2. The average molecular weight is 280 g/mol. The molecule has 1 amide bonds. The van der Waals surface area contributed by atoms with E-state index in [9.17, 15) is 4.79 Å². The Morgan fingerprint density at radius 2 is 1.75 bits per heavy atom. The first-order valence-electron chi connectivity index (χ1n) is 8.46. The molecule has 1 aliphatic heterocycles. The van der Waals surface area contributed by atoms with Gasteiger partial charge in [0.2, 0.25) is 5.91 Å². The number of rotatable bonds is 5. The van der Waals surface area contributed by atoms with Crippen molar-refractivity contribution in [2.75, 3.05) is 0 Å². The fraction of sp³-hybridized carbons (Fsp3) is 0.941. The number of nitrogens with zero attached hydrogens (tertiary/aromatic N) is 1. The van der Waals surface area contributed by atoms with E-state index in [1.54, 1.807) is 0 Å². The zero-order valence-corrected chi connectivity index (χ0v) is 13.9. The third-order valence-corrected chi connectivity index (χ3v) is 4.86. The largest absolute Gasteiger partial charge is 0.323 e. The van der Waals surface area contributed by atoms with Crippen molar-refractivity contribution >= 4 is 5.91 Å². The Hall–Kier alpha value is -0.570. The Balaban J connectivity index is 2.17. The number of hydrogen-bond donors (Lipinski definition) is 1. The molecule has 20 heavy (non-hydrogen) atoms. The van der Waals surface area contributed by atoms with Gasteiger partial charge in [-0.2, -0.15) is 0 Å². The highest BCUT2D eigenvalue weighted by atomic mass is 16.2. The highest BCUT2D eigenvalue weighted by Crippen LogP contribution is 2.39. The first-order chi connectivity index (χ1) is 9.35. The molecule has 2 unspecified atom stereocenters. The molecule has 2 fully saturated rings. The van der Waals surface area contributed by atoms with Crippen LogP contribution in [-0.4, -0.2) is 28.6 Å². The molecule has 1 aliphatic carbocycles. The van der Waals surface area contributed by atoms with E-state index < -0.39 is 0 Å². The maximum Gasteiger partial charge on any atom is 0.244 e. The van der Waals surface area contributed by atoms with Crippen molar-refractivity contribution in [3.63, 3.8) is 0 Å². The van der Waals surface area contributed by atoms with Crippen LogP contribution in [0.15, 0.2) is 0 Å². The van der Waals surface area contributed by atoms with Crippen molar-refractivity contribution in [3.05, 3.63) is 0 Å². The van der Waals surface area contributed by atoms with Gasteiger partial charge >= 0.3 is 0 Å². The molecule has 3 heteroatoms. The fourth-order valence-corrected chi connectivity index (χ4v) is 4.10. The zero-order chi connectivity index (χ0) is 14.9. The molecule has 2 rings (SSSR count). The molecular weight excluding hydrogens is 248 g/mol. The minimum Gasteiger partial charge on any atom is -0.323 e. The molecule has 0 radical (unpaired) electrons. The smallest absolute Gasteiger partial charge is 0.244 e. The maximum absolute atomic E-state index is 13.0. The molecule has 1 saturated carbocycles. The molecule has 1 heterocycles. The van der Waals surface area contributed by atoms with Gasteiger partial charge in [-0.25, -0.2) is 0 Å². The van der Waals surface area contributed by atoms with Crippen LogP contribution >= 0.6 is 0 Å². The van der Waals surface area contributed by atoms with Crippen LogP contribution in [0.1, 0.15) is 73.1 Å². The summed E-state index contributed by atoms with van der Waals surface area (Å²) >= 11 is 0. The highest BCUT2D eigenvalue weighted by molar-refractivity contribution is 5.89. The normalized spacial score (nSPS) is 27.2. The highest BCUT2D eigenvalue weighted by Gasteiger charge is 2.53. The summed E-state index contributed by atoms with van der Waals surface area (Å²) in [7, 11) is 0. The van der Waals surface area contributed by atoms with Crippen LogP contribution in [0, 0.1) is 11.8 Å². The fourth-order valence-electron chi connectivity index (χ4n) is 4.10. The van der Waals surface area contributed by atoms with Gasteiger partial charge < -0.3 is 4.90 Å². The molecule has 2 atom stereocenters. The number of amides is 1. The van der Waals surface area contributed by atoms with E-state index in [1.165, 1.54) is 12.8 Å². The lowest BCUT2D eigenvalue weighted by atomic mass is 9.96. The van der Waals surface area contributed by atoms with Gasteiger partial charge in [0.05, 0.1) is 11.7 Å². The molecule has 0 aromatic heterocycles. The zero-order valence-electron chi connectivity index (χ0n) is 13.9. The molecule has 116 valence electrons. The van der Waals surface area contributed by atoms with E-state index in [2.05, 4.69) is 44.8 Å². The quantitative estimate of drug-likeness (QED) is 0.835. The van der Waals surface area contributed by atoms with Crippen molar-refractivity contribution in [2.24, 2.45) is 11.8 Å². The molecule has 1 spiro atoms. The molecule has 0 bridgehead atoms. The lowest BCUT2D eigenvalue weighted by molar-refractivity contribution is -0.135. The van der Waals surface area contributed by atoms with E-state index in [0.717, 1.165) is 25.7 Å². The molecule has 3 nitrogen and oxygen atoms in total. The summed E-state index contributed by atoms with van der Waals surface area (Å²) in [6, 6.07) is 0.346. The lowest BCUT2D eigenvalue weighted by Crippen LogP contribution is -2.45. The number of carbonyl (C=O) groups is 1. The monoisotopic (exact) mass is 280 g/mol. The van der Waals surface area contributed by atoms with Crippen LogP contribution in [0.5, 0.6) is 0 Å². The van der Waals surface area contributed by atoms with Crippen molar-refractivity contribution < 1.29 is 4.79 Å². The molecular formula is C17H32N2O. The van der Waals surface area contributed by atoms with Crippen molar-refractivity contribution in [2.45, 2.75) is 90.9 Å². The Labute approximate surface area is 124 Å². The summed E-state index contributed by atoms with van der Waals surface area (Å²) in [4.78, 5) is 15.2. The molecule has 1 saturated heterocycles. The van der Waals surface area contributed by atoms with E-state index in [-0.39, 0.29) is 11.7 Å². The third kappa shape index (κ3) is 3.03. The Kier molecular flexibility index (Phi) is 4.78. The summed E-state index contributed by atoms with van der Waals surface area (Å²) in [5.74, 6) is 1.64. The van der Waals surface area contributed by atoms with Crippen LogP contribution in [0.3, 0.4) is 0 Å². The van der Waals surface area contributed by atoms with Crippen LogP contribution < -0.4 is 5.32 Å². The average Bonchev–Trinajstić information content (AvgIpc) is 2.85. The second-order valence-electron chi connectivity index (χ2n) is 7.77. The number of carbonyl (C=O) groups excluding carboxylic acids is 1. The predicted molar refractivity (Wildman–Crippen MR) is 83.3 cm³/mol. The van der Waals surface area contributed by atoms with Gasteiger partial charge in [-0.05, 0) is 44.4 Å². The van der Waals surface area contributed by atoms with Gasteiger partial charge in [-0.1, -0.05) is 40.5 Å². The standard InChI is InChI=1S/C17H32N2O/c1-12(2)10-14(5)19-15(11-13(3)4)18-17(16(19)20)8-6-7-9-17/h12-15,18H,6-11H2,1-5H3. The van der Waals surface area contributed by atoms with Gasteiger partial charge in [0.15, 0.2) is 0 Å². The predicted octanol–water partition coefficient (Wildman–Crippen LogP) is 3.54. The SMILES string of the molecule is CC(C)CC(C)N1C(=O)C2(CCCC2)NC1CC(C)C. The second-order valence-corrected chi connectivity index (χ2v) is 7.77. The number of nitrogens with one attached hydrogen (secondary N) is 1. The molecule has 2 aliphatic rings. The van der Waals surface area contributed by atoms with Crippen molar-refractivity contribution in [3.8, 4) is 0 Å². The van der Waals surface area contributed by atoms with E-state index in [4.69, 9.17) is 0 Å². The van der Waals surface area contributed by atoms with Crippen LogP contribution in [-0.2, 0) is 4.79 Å². The van der Waals surface area contributed by atoms with Crippen molar-refractivity contribution in [1.82, 2.24) is 10.2 Å². The first kappa shape index (κ1) is 15.8. The Morgan fingerprint density at radius 3 is 2.25 bits per heavy atom. The van der Waals surface area contributed by atoms with Gasteiger partial charge in [0.1, 0.15) is 0 Å². The van der Waals surface area contributed by atoms with Gasteiger partial charge in [-0.3, -0.25) is 10.1 Å². The van der Waals surface area contributed by atoms with Gasteiger partial charge in [0.25, 0.3) is 0 Å². The summed E-state index contributed by atoms with van der Waals surface area (Å²) in [5, 5.41) is 3.73. The van der Waals surface area contributed by atoms with E-state index in [0.29, 0.717) is 23.8 Å². The Bertz CT molecular complexity index is 345. The first-order valence-corrected chi connectivity index (χ1v) is 8.46. The Morgan fingerprint density at radius 1 is 1.15 bits per heavy atom. The minimum atomic E-state index is -0.217. The van der Waals surface area contributed by atoms with Gasteiger partial charge in [0, 0.05) is 6.04 Å². The molecule has 1 N–H and O–H groups in total. The van der Waals surface area contributed by atoms with Gasteiger partial charge in [-0.15, -0.1) is 0 Å². The summed E-state index contributed by atoms with van der Waals surface area (Å²) in [6.45, 7) is 11.2. The topological polar surface area (TPSA) is 32.3 Å². The van der Waals surface area contributed by atoms with Crippen LogP contribution in [0.2, 0.25) is 0 Å². The summed E-state index contributed by atoms with van der Waals surface area (Å²) in [6.07, 6.45) is 6.86. The molecule has 0 aromatic rings. The third-order valence-electron chi connectivity index (χ3n) is 4.86. The molecule has 0 aromatic carbocycles. The van der Waals surface area contributed by atoms with Crippen LogP contribution in [0.4, 0.5) is 0 Å². The summed E-state index contributed by atoms with van der Waals surface area (Å²) < 4.78 is 0. The lowest BCUT2D eigenvalue weighted by Gasteiger charge is -2.32. The van der Waals surface area contributed by atoms with Crippen molar-refractivity contribution in [1.29, 1.82) is 0 Å². The second kappa shape index (κ2) is 6.05. The van der Waals surface area contributed by atoms with E-state index >= 15 is 0 Å². The van der Waals surface area contributed by atoms with Crippen LogP contribution in [0.25, 0.3) is 0 Å². The minimum absolute atomic E-state index is 0.217. The summed E-state index contributed by atoms with van der Waals surface area (Å²) in [5.41, 5.74) is -0.217. The van der Waals surface area contributed by atoms with E-state index in [1.807, 2.05) is 0 Å². The maximum atomic E-state index is 13.0.